The van der Waals surface area contributed by atoms with Gasteiger partial charge in [0, 0.05) is 5.56 Å². The van der Waals surface area contributed by atoms with Crippen LogP contribution in [0.15, 0.2) is 71.6 Å². The largest absolute Gasteiger partial charge is 0.497 e. The number of carbonyl (C=O) groups excluding carboxylic acids is 1. The van der Waals surface area contributed by atoms with Gasteiger partial charge in [0.25, 0.3) is 15.9 Å². The van der Waals surface area contributed by atoms with Gasteiger partial charge in [-0.25, -0.2) is 8.42 Å². The molecule has 196 valence electrons. The second kappa shape index (κ2) is 10.3. The molecule has 0 saturated carbocycles. The van der Waals surface area contributed by atoms with Crippen molar-refractivity contribution >= 4 is 38.1 Å². The molecule has 0 saturated heterocycles. The van der Waals surface area contributed by atoms with Gasteiger partial charge in [-0.2, -0.15) is 0 Å². The van der Waals surface area contributed by atoms with E-state index in [9.17, 15) is 13.2 Å². The summed E-state index contributed by atoms with van der Waals surface area (Å²) in [5, 5.41) is 11.8. The maximum Gasteiger partial charge on any atom is 0.269 e. The first-order valence-corrected chi connectivity index (χ1v) is 13.8. The summed E-state index contributed by atoms with van der Waals surface area (Å²) in [5.41, 5.74) is 2.03. The molecular formula is C26H24N4O6S2. The average molecular weight is 553 g/mol. The quantitative estimate of drug-likeness (QED) is 0.364. The van der Waals surface area contributed by atoms with Gasteiger partial charge in [0.15, 0.2) is 6.10 Å². The summed E-state index contributed by atoms with van der Waals surface area (Å²) >= 11 is 1.19. The fourth-order valence-electron chi connectivity index (χ4n) is 3.91. The lowest BCUT2D eigenvalue weighted by molar-refractivity contribution is -0.122. The number of fused-ring (bicyclic) bond motifs is 1. The Kier molecular flexibility index (Phi) is 6.91. The highest BCUT2D eigenvalue weighted by Gasteiger charge is 2.38. The Balaban J connectivity index is 1.40. The van der Waals surface area contributed by atoms with Crippen molar-refractivity contribution in [2.45, 2.75) is 17.9 Å². The summed E-state index contributed by atoms with van der Waals surface area (Å²) in [6.07, 6.45) is -1.12. The van der Waals surface area contributed by atoms with Crippen LogP contribution in [0.3, 0.4) is 0 Å². The van der Waals surface area contributed by atoms with E-state index in [1.54, 1.807) is 37.4 Å². The van der Waals surface area contributed by atoms with E-state index in [-0.39, 0.29) is 16.6 Å². The minimum absolute atomic E-state index is 0.0686. The van der Waals surface area contributed by atoms with Gasteiger partial charge >= 0.3 is 0 Å². The molecule has 0 bridgehead atoms. The van der Waals surface area contributed by atoms with Crippen molar-refractivity contribution in [2.75, 3.05) is 30.4 Å². The van der Waals surface area contributed by atoms with Crippen LogP contribution in [-0.4, -0.2) is 51.4 Å². The number of sulfonamides is 1. The zero-order valence-electron chi connectivity index (χ0n) is 20.7. The Hall–Kier alpha value is -4.16. The van der Waals surface area contributed by atoms with Crippen molar-refractivity contribution in [3.63, 3.8) is 0 Å². The van der Waals surface area contributed by atoms with Crippen molar-refractivity contribution in [2.24, 2.45) is 0 Å². The molecule has 0 fully saturated rings. The van der Waals surface area contributed by atoms with E-state index in [4.69, 9.17) is 14.2 Å². The molecule has 0 aliphatic carbocycles. The lowest BCUT2D eigenvalue weighted by atomic mass is 10.1. The third kappa shape index (κ3) is 5.00. The van der Waals surface area contributed by atoms with Crippen LogP contribution in [0.2, 0.25) is 0 Å². The fourth-order valence-corrected chi connectivity index (χ4v) is 6.14. The second-order valence-electron chi connectivity index (χ2n) is 8.42. The molecule has 1 N–H and O–H groups in total. The molecule has 3 aromatic carbocycles. The predicted octanol–water partition coefficient (Wildman–Crippen LogP) is 4.13. The number of hydrogen-bond acceptors (Lipinski definition) is 9. The van der Waals surface area contributed by atoms with E-state index in [0.29, 0.717) is 27.9 Å². The maximum atomic E-state index is 13.6. The molecular weight excluding hydrogens is 528 g/mol. The number of aromatic nitrogens is 2. The van der Waals surface area contributed by atoms with Crippen LogP contribution < -0.4 is 23.8 Å². The minimum Gasteiger partial charge on any atom is -0.497 e. The third-order valence-electron chi connectivity index (χ3n) is 5.92. The van der Waals surface area contributed by atoms with E-state index >= 15 is 0 Å². The highest BCUT2D eigenvalue weighted by molar-refractivity contribution is 7.92. The molecule has 1 amide bonds. The smallest absolute Gasteiger partial charge is 0.269 e. The number of aryl methyl sites for hydroxylation is 1. The summed E-state index contributed by atoms with van der Waals surface area (Å²) in [6, 6.07) is 18.6. The minimum atomic E-state index is -4.01. The van der Waals surface area contributed by atoms with Crippen LogP contribution in [0.25, 0.3) is 10.6 Å². The Morgan fingerprint density at radius 3 is 2.32 bits per heavy atom. The Bertz CT molecular complexity index is 1570. The average Bonchev–Trinajstić information content (AvgIpc) is 3.40. The molecule has 1 atom stereocenters. The first-order valence-electron chi connectivity index (χ1n) is 11.5. The molecule has 1 aromatic heterocycles. The van der Waals surface area contributed by atoms with E-state index < -0.39 is 22.0 Å². The summed E-state index contributed by atoms with van der Waals surface area (Å²) < 4.78 is 44.8. The van der Waals surface area contributed by atoms with Crippen molar-refractivity contribution in [1.29, 1.82) is 0 Å². The van der Waals surface area contributed by atoms with Crippen molar-refractivity contribution in [3.05, 3.63) is 72.3 Å². The van der Waals surface area contributed by atoms with E-state index in [1.165, 1.54) is 34.9 Å². The van der Waals surface area contributed by atoms with Gasteiger partial charge in [-0.15, -0.1) is 10.2 Å². The normalized spacial score (nSPS) is 14.8. The molecule has 10 nitrogen and oxygen atoms in total. The lowest BCUT2D eigenvalue weighted by Crippen LogP contribution is -2.48. The van der Waals surface area contributed by atoms with Gasteiger partial charge in [-0.3, -0.25) is 14.4 Å². The van der Waals surface area contributed by atoms with Crippen LogP contribution in [0.1, 0.15) is 5.56 Å². The van der Waals surface area contributed by atoms with Crippen LogP contribution in [-0.2, 0) is 14.8 Å². The number of rotatable bonds is 7. The Labute approximate surface area is 223 Å². The predicted molar refractivity (Wildman–Crippen MR) is 144 cm³/mol. The van der Waals surface area contributed by atoms with E-state index in [1.807, 2.05) is 31.2 Å². The number of ether oxygens (including phenoxy) is 3. The first-order chi connectivity index (χ1) is 18.3. The molecule has 1 unspecified atom stereocenters. The number of nitrogens with zero attached hydrogens (tertiary/aromatic N) is 3. The van der Waals surface area contributed by atoms with Gasteiger partial charge in [0.1, 0.15) is 22.3 Å². The lowest BCUT2D eigenvalue weighted by Gasteiger charge is -2.34. The van der Waals surface area contributed by atoms with Gasteiger partial charge in [0.05, 0.1) is 31.3 Å². The SMILES string of the molecule is COc1ccc(-c2nnc(NC(=O)C3CN(S(=O)(=O)c4ccc(OC)cc4)c4ccc(C)cc4O3)s2)cc1. The molecule has 0 spiro atoms. The number of amides is 1. The van der Waals surface area contributed by atoms with Crippen LogP contribution in [0.4, 0.5) is 10.8 Å². The number of anilines is 2. The van der Waals surface area contributed by atoms with Gasteiger partial charge < -0.3 is 14.2 Å². The summed E-state index contributed by atoms with van der Waals surface area (Å²) in [5.74, 6) is 1.00. The van der Waals surface area contributed by atoms with Crippen LogP contribution in [0.5, 0.6) is 17.2 Å². The topological polar surface area (TPSA) is 120 Å². The fraction of sp³-hybridized carbons (Fsp3) is 0.192. The number of nitrogens with one attached hydrogen (secondary N) is 1. The number of methoxy groups -OCH3 is 2. The molecule has 4 aromatic rings. The standard InChI is InChI=1S/C26H24N4O6S2/c1-16-4-13-21-22(14-16)36-23(15-30(21)38(32,33)20-11-9-19(35-3)10-12-20)24(31)27-26-29-28-25(37-26)17-5-7-18(34-2)8-6-17/h4-14,23H,15H2,1-3H3,(H,27,29,31). The molecule has 1 aliphatic rings. The van der Waals surface area contributed by atoms with E-state index in [2.05, 4.69) is 15.5 Å². The van der Waals surface area contributed by atoms with E-state index in [0.717, 1.165) is 11.1 Å². The van der Waals surface area contributed by atoms with Crippen LogP contribution in [0, 0.1) is 6.92 Å². The van der Waals surface area contributed by atoms with Gasteiger partial charge in [-0.05, 0) is 73.2 Å². The Morgan fingerprint density at radius 1 is 1.00 bits per heavy atom. The zero-order chi connectivity index (χ0) is 26.9. The van der Waals surface area contributed by atoms with Crippen molar-refractivity contribution in [3.8, 4) is 27.8 Å². The van der Waals surface area contributed by atoms with Gasteiger partial charge in [-0.1, -0.05) is 17.4 Å². The number of hydrogen-bond donors (Lipinski definition) is 1. The summed E-state index contributed by atoms with van der Waals surface area (Å²) in [6.45, 7) is 1.64. The molecule has 12 heteroatoms. The number of carbonyl (C=O) groups is 1. The molecule has 0 radical (unpaired) electrons. The molecule has 5 rings (SSSR count). The van der Waals surface area contributed by atoms with Gasteiger partial charge in [0.2, 0.25) is 5.13 Å². The molecule has 1 aliphatic heterocycles. The maximum absolute atomic E-state index is 13.6. The third-order valence-corrected chi connectivity index (χ3v) is 8.60. The number of benzene rings is 3. The van der Waals surface area contributed by atoms with Crippen molar-refractivity contribution in [1.82, 2.24) is 10.2 Å². The van der Waals surface area contributed by atoms with Crippen LogP contribution >= 0.6 is 11.3 Å². The second-order valence-corrected chi connectivity index (χ2v) is 11.3. The highest BCUT2D eigenvalue weighted by Crippen LogP contribution is 2.38. The van der Waals surface area contributed by atoms with Crippen molar-refractivity contribution < 1.29 is 27.4 Å². The molecule has 38 heavy (non-hydrogen) atoms. The summed E-state index contributed by atoms with van der Waals surface area (Å²) in [4.78, 5) is 13.3. The summed E-state index contributed by atoms with van der Waals surface area (Å²) in [7, 11) is -0.916. The monoisotopic (exact) mass is 552 g/mol. The molecule has 2 heterocycles. The Morgan fingerprint density at radius 2 is 1.66 bits per heavy atom. The first kappa shape index (κ1) is 25.5. The highest BCUT2D eigenvalue weighted by atomic mass is 32.2. The zero-order valence-corrected chi connectivity index (χ0v) is 22.4.